The van der Waals surface area contributed by atoms with E-state index in [1.165, 1.54) is 31.2 Å². The summed E-state index contributed by atoms with van der Waals surface area (Å²) >= 11 is 0. The van der Waals surface area contributed by atoms with E-state index in [2.05, 4.69) is 4.72 Å². The minimum atomic E-state index is -3.93. The zero-order chi connectivity index (χ0) is 18.6. The molecule has 0 aliphatic carbocycles. The molecule has 2 rings (SSSR count). The summed E-state index contributed by atoms with van der Waals surface area (Å²) in [4.78, 5) is 22.4. The van der Waals surface area contributed by atoms with Crippen molar-refractivity contribution in [1.82, 2.24) is 4.72 Å². The van der Waals surface area contributed by atoms with Crippen molar-refractivity contribution in [2.75, 3.05) is 0 Å². The second-order valence-corrected chi connectivity index (χ2v) is 7.48. The van der Waals surface area contributed by atoms with Gasteiger partial charge in [-0.15, -0.1) is 0 Å². The molecule has 0 aliphatic heterocycles. The lowest BCUT2D eigenvalue weighted by Gasteiger charge is -2.18. The molecule has 0 heterocycles. The van der Waals surface area contributed by atoms with Crippen molar-refractivity contribution in [3.05, 3.63) is 65.2 Å². The Bertz CT molecular complexity index is 871. The van der Waals surface area contributed by atoms with E-state index < -0.39 is 22.0 Å². The van der Waals surface area contributed by atoms with E-state index >= 15 is 0 Å². The lowest BCUT2D eigenvalue weighted by atomic mass is 10.0. The van der Waals surface area contributed by atoms with Crippen molar-refractivity contribution in [2.24, 2.45) is 0 Å². The number of carbonyl (C=O) groups is 2. The van der Waals surface area contributed by atoms with Crippen LogP contribution in [0.4, 0.5) is 0 Å². The molecule has 0 saturated carbocycles. The molecule has 1 unspecified atom stereocenters. The fourth-order valence-corrected chi connectivity index (χ4v) is 3.55. The van der Waals surface area contributed by atoms with E-state index in [-0.39, 0.29) is 17.1 Å². The number of carboxylic acids is 1. The topological polar surface area (TPSA) is 101 Å². The molecule has 0 bridgehead atoms. The van der Waals surface area contributed by atoms with Gasteiger partial charge in [-0.1, -0.05) is 42.0 Å². The summed E-state index contributed by atoms with van der Waals surface area (Å²) in [5.74, 6) is -1.28. The summed E-state index contributed by atoms with van der Waals surface area (Å²) in [6, 6.07) is 11.6. The Kier molecular flexibility index (Phi) is 5.71. The van der Waals surface area contributed by atoms with E-state index in [0.29, 0.717) is 11.1 Å². The van der Waals surface area contributed by atoms with Crippen molar-refractivity contribution in [1.29, 1.82) is 0 Å². The molecule has 2 aromatic rings. The number of hydrogen-bond donors (Lipinski definition) is 2. The van der Waals surface area contributed by atoms with Crippen LogP contribution in [0.25, 0.3) is 0 Å². The van der Waals surface area contributed by atoms with Crippen LogP contribution >= 0.6 is 0 Å². The molecule has 0 amide bonds. The molecule has 0 radical (unpaired) electrons. The van der Waals surface area contributed by atoms with Gasteiger partial charge < -0.3 is 5.11 Å². The SMILES string of the molecule is CC(=O)c1ccc(S(=O)(=O)NC(CC(=O)O)c2ccc(C)cc2)cc1. The highest BCUT2D eigenvalue weighted by atomic mass is 32.2. The Balaban J connectivity index is 2.31. The molecule has 0 spiro atoms. The first-order chi connectivity index (χ1) is 11.7. The van der Waals surface area contributed by atoms with Gasteiger partial charge in [-0.3, -0.25) is 9.59 Å². The van der Waals surface area contributed by atoms with Gasteiger partial charge in [-0.2, -0.15) is 0 Å². The lowest BCUT2D eigenvalue weighted by molar-refractivity contribution is -0.137. The maximum absolute atomic E-state index is 12.6. The number of rotatable bonds is 7. The Labute approximate surface area is 146 Å². The van der Waals surface area contributed by atoms with Crippen LogP contribution in [0.2, 0.25) is 0 Å². The van der Waals surface area contributed by atoms with Crippen LogP contribution in [-0.4, -0.2) is 25.3 Å². The summed E-state index contributed by atoms with van der Waals surface area (Å²) in [6.07, 6.45) is -0.381. The third-order valence-electron chi connectivity index (χ3n) is 3.73. The normalized spacial score (nSPS) is 12.6. The van der Waals surface area contributed by atoms with Gasteiger partial charge >= 0.3 is 5.97 Å². The highest BCUT2D eigenvalue weighted by molar-refractivity contribution is 7.89. The number of hydrogen-bond acceptors (Lipinski definition) is 4. The van der Waals surface area contributed by atoms with E-state index in [1.807, 2.05) is 6.92 Å². The molecule has 0 aromatic heterocycles. The number of carbonyl (C=O) groups excluding carboxylic acids is 1. The quantitative estimate of drug-likeness (QED) is 0.739. The van der Waals surface area contributed by atoms with Crippen LogP contribution in [0, 0.1) is 6.92 Å². The van der Waals surface area contributed by atoms with Gasteiger partial charge in [0.1, 0.15) is 0 Å². The Morgan fingerprint density at radius 3 is 2.08 bits per heavy atom. The molecule has 1 atom stereocenters. The largest absolute Gasteiger partial charge is 0.481 e. The van der Waals surface area contributed by atoms with Crippen molar-refractivity contribution >= 4 is 21.8 Å². The molecule has 7 heteroatoms. The van der Waals surface area contributed by atoms with Gasteiger partial charge in [0, 0.05) is 5.56 Å². The number of nitrogens with one attached hydrogen (secondary N) is 1. The van der Waals surface area contributed by atoms with Gasteiger partial charge in [-0.05, 0) is 31.5 Å². The number of ketones is 1. The summed E-state index contributed by atoms with van der Waals surface area (Å²) in [7, 11) is -3.93. The number of aryl methyl sites for hydroxylation is 1. The van der Waals surface area contributed by atoms with Gasteiger partial charge in [0.05, 0.1) is 17.4 Å². The molecule has 132 valence electrons. The highest BCUT2D eigenvalue weighted by Crippen LogP contribution is 2.21. The monoisotopic (exact) mass is 361 g/mol. The van der Waals surface area contributed by atoms with E-state index in [1.54, 1.807) is 24.3 Å². The Morgan fingerprint density at radius 1 is 1.04 bits per heavy atom. The second kappa shape index (κ2) is 7.58. The van der Waals surface area contributed by atoms with Crippen molar-refractivity contribution in [3.8, 4) is 0 Å². The highest BCUT2D eigenvalue weighted by Gasteiger charge is 2.23. The first-order valence-electron chi connectivity index (χ1n) is 7.61. The molecule has 2 aromatic carbocycles. The first kappa shape index (κ1) is 18.8. The third-order valence-corrected chi connectivity index (χ3v) is 5.21. The van der Waals surface area contributed by atoms with Crippen molar-refractivity contribution in [3.63, 3.8) is 0 Å². The lowest BCUT2D eigenvalue weighted by Crippen LogP contribution is -2.30. The molecular formula is C18H19NO5S. The maximum Gasteiger partial charge on any atom is 0.305 e. The molecular weight excluding hydrogens is 342 g/mol. The minimum absolute atomic E-state index is 0.0278. The smallest absolute Gasteiger partial charge is 0.305 e. The predicted molar refractivity (Wildman–Crippen MR) is 92.9 cm³/mol. The standard InChI is InChI=1S/C18H19NO5S/c1-12-3-5-15(6-4-12)17(11-18(21)22)19-25(23,24)16-9-7-14(8-10-16)13(2)20/h3-10,17,19H,11H2,1-2H3,(H,21,22). The molecule has 6 nitrogen and oxygen atoms in total. The van der Waals surface area contributed by atoms with Crippen molar-refractivity contribution < 1.29 is 23.1 Å². The van der Waals surface area contributed by atoms with Crippen LogP contribution in [0.5, 0.6) is 0 Å². The number of Topliss-reactive ketones (excluding diaryl/α,β-unsaturated/α-hetero) is 1. The van der Waals surface area contributed by atoms with Crippen LogP contribution in [-0.2, 0) is 14.8 Å². The predicted octanol–water partition coefficient (Wildman–Crippen LogP) is 2.69. The molecule has 25 heavy (non-hydrogen) atoms. The summed E-state index contributed by atoms with van der Waals surface area (Å²) in [5.41, 5.74) is 1.96. The van der Waals surface area contributed by atoms with Crippen LogP contribution in [0.3, 0.4) is 0 Å². The fourth-order valence-electron chi connectivity index (χ4n) is 2.33. The van der Waals surface area contributed by atoms with E-state index in [9.17, 15) is 18.0 Å². The number of sulfonamides is 1. The van der Waals surface area contributed by atoms with Crippen LogP contribution in [0.1, 0.15) is 40.9 Å². The average molecular weight is 361 g/mol. The average Bonchev–Trinajstić information content (AvgIpc) is 2.54. The van der Waals surface area contributed by atoms with E-state index in [4.69, 9.17) is 5.11 Å². The summed E-state index contributed by atoms with van der Waals surface area (Å²) < 4.78 is 27.5. The second-order valence-electron chi connectivity index (χ2n) is 5.76. The maximum atomic E-state index is 12.6. The van der Waals surface area contributed by atoms with Crippen LogP contribution < -0.4 is 4.72 Å². The fraction of sp³-hybridized carbons (Fsp3) is 0.222. The zero-order valence-corrected chi connectivity index (χ0v) is 14.7. The number of aliphatic carboxylic acids is 1. The Morgan fingerprint density at radius 2 is 1.60 bits per heavy atom. The number of benzene rings is 2. The molecule has 0 fully saturated rings. The van der Waals surface area contributed by atoms with Crippen molar-refractivity contribution in [2.45, 2.75) is 31.2 Å². The third kappa shape index (κ3) is 4.98. The van der Waals surface area contributed by atoms with Crippen LogP contribution in [0.15, 0.2) is 53.4 Å². The van der Waals surface area contributed by atoms with Gasteiger partial charge in [-0.25, -0.2) is 13.1 Å². The zero-order valence-electron chi connectivity index (χ0n) is 13.9. The molecule has 0 aliphatic rings. The number of carboxylic acid groups (broad SMARTS) is 1. The summed E-state index contributed by atoms with van der Waals surface area (Å²) in [6.45, 7) is 3.28. The van der Waals surface area contributed by atoms with Gasteiger partial charge in [0.2, 0.25) is 10.0 Å². The van der Waals surface area contributed by atoms with Gasteiger partial charge in [0.25, 0.3) is 0 Å². The Hall–Kier alpha value is -2.51. The first-order valence-corrected chi connectivity index (χ1v) is 9.09. The van der Waals surface area contributed by atoms with E-state index in [0.717, 1.165) is 5.56 Å². The van der Waals surface area contributed by atoms with Gasteiger partial charge in [0.15, 0.2) is 5.78 Å². The molecule has 2 N–H and O–H groups in total. The minimum Gasteiger partial charge on any atom is -0.481 e. The summed E-state index contributed by atoms with van der Waals surface area (Å²) in [5, 5.41) is 9.09. The molecule has 0 saturated heterocycles.